The minimum absolute atomic E-state index is 0.0470. The van der Waals surface area contributed by atoms with Gasteiger partial charge in [0, 0.05) is 22.2 Å². The average molecular weight is 474 g/mol. The van der Waals surface area contributed by atoms with Crippen molar-refractivity contribution in [2.75, 3.05) is 18.1 Å². The Balaban J connectivity index is 1.61. The van der Waals surface area contributed by atoms with E-state index in [1.807, 2.05) is 31.2 Å². The monoisotopic (exact) mass is 473 g/mol. The number of sulfone groups is 1. The van der Waals surface area contributed by atoms with Crippen LogP contribution in [-0.2, 0) is 16.4 Å². The fraction of sp³-hybridized carbons (Fsp3) is 0.292. The highest BCUT2D eigenvalue weighted by atomic mass is 35.5. The topological polar surface area (TPSA) is 76.8 Å². The van der Waals surface area contributed by atoms with E-state index in [0.29, 0.717) is 40.9 Å². The molecule has 1 aliphatic rings. The largest absolute Gasteiger partial charge is 0.494 e. The summed E-state index contributed by atoms with van der Waals surface area (Å²) in [7, 11) is -3.17. The number of furan rings is 1. The molecule has 1 amide bonds. The van der Waals surface area contributed by atoms with E-state index >= 15 is 0 Å². The van der Waals surface area contributed by atoms with E-state index in [1.165, 1.54) is 0 Å². The van der Waals surface area contributed by atoms with E-state index < -0.39 is 15.9 Å². The van der Waals surface area contributed by atoms with Crippen molar-refractivity contribution in [2.45, 2.75) is 25.9 Å². The molecule has 1 atom stereocenters. The Hall–Kier alpha value is -2.77. The van der Waals surface area contributed by atoms with Crippen molar-refractivity contribution in [1.82, 2.24) is 4.90 Å². The van der Waals surface area contributed by atoms with Gasteiger partial charge in [-0.1, -0.05) is 17.7 Å². The number of hydrogen-bond donors (Lipinski definition) is 0. The standard InChI is InChI=1S/C24H24ClNO5S/c1-2-30-21-5-3-4-18(14-21)24(27)26(20-12-13-32(28,29)16-20)15-22-10-11-23(31-22)17-6-8-19(25)9-7-17/h3-11,14,20H,2,12-13,15-16H2,1H3/t20-/m1/s1. The smallest absolute Gasteiger partial charge is 0.254 e. The van der Waals surface area contributed by atoms with E-state index in [4.69, 9.17) is 20.8 Å². The molecule has 1 saturated heterocycles. The Morgan fingerprint density at radius 2 is 1.94 bits per heavy atom. The van der Waals surface area contributed by atoms with Crippen LogP contribution in [0.2, 0.25) is 5.02 Å². The molecule has 3 aromatic rings. The summed E-state index contributed by atoms with van der Waals surface area (Å²) in [6, 6.07) is 17.5. The summed E-state index contributed by atoms with van der Waals surface area (Å²) >= 11 is 5.96. The van der Waals surface area contributed by atoms with E-state index in [9.17, 15) is 13.2 Å². The van der Waals surface area contributed by atoms with Crippen LogP contribution in [0, 0.1) is 0 Å². The zero-order valence-corrected chi connectivity index (χ0v) is 19.2. The fourth-order valence-corrected chi connectivity index (χ4v) is 5.70. The van der Waals surface area contributed by atoms with Gasteiger partial charge in [0.1, 0.15) is 17.3 Å². The van der Waals surface area contributed by atoms with Crippen LogP contribution in [0.5, 0.6) is 5.75 Å². The third-order valence-electron chi connectivity index (χ3n) is 5.42. The molecule has 32 heavy (non-hydrogen) atoms. The summed E-state index contributed by atoms with van der Waals surface area (Å²) in [4.78, 5) is 15.0. The molecular weight excluding hydrogens is 450 g/mol. The molecule has 2 heterocycles. The summed E-state index contributed by atoms with van der Waals surface area (Å²) in [5, 5.41) is 0.633. The second kappa shape index (κ2) is 9.38. The van der Waals surface area contributed by atoms with Crippen LogP contribution in [0.1, 0.15) is 29.5 Å². The molecule has 0 aliphatic carbocycles. The van der Waals surface area contributed by atoms with Gasteiger partial charge in [0.2, 0.25) is 0 Å². The Morgan fingerprint density at radius 3 is 2.62 bits per heavy atom. The first-order valence-electron chi connectivity index (χ1n) is 10.4. The van der Waals surface area contributed by atoms with Crippen LogP contribution >= 0.6 is 11.6 Å². The van der Waals surface area contributed by atoms with Crippen molar-refractivity contribution in [2.24, 2.45) is 0 Å². The van der Waals surface area contributed by atoms with E-state index in [1.54, 1.807) is 41.3 Å². The number of hydrogen-bond acceptors (Lipinski definition) is 5. The third-order valence-corrected chi connectivity index (χ3v) is 7.42. The van der Waals surface area contributed by atoms with Crippen LogP contribution in [0.25, 0.3) is 11.3 Å². The maximum Gasteiger partial charge on any atom is 0.254 e. The first-order chi connectivity index (χ1) is 15.3. The molecule has 168 valence electrons. The van der Waals surface area contributed by atoms with Gasteiger partial charge in [0.05, 0.1) is 24.7 Å². The molecule has 0 saturated carbocycles. The number of carbonyl (C=O) groups excluding carboxylic acids is 1. The molecule has 0 unspecified atom stereocenters. The fourth-order valence-electron chi connectivity index (χ4n) is 3.84. The average Bonchev–Trinajstić information content (AvgIpc) is 3.38. The van der Waals surface area contributed by atoms with Gasteiger partial charge in [-0.15, -0.1) is 0 Å². The van der Waals surface area contributed by atoms with Crippen molar-refractivity contribution >= 4 is 27.3 Å². The highest BCUT2D eigenvalue weighted by molar-refractivity contribution is 7.91. The second-order valence-electron chi connectivity index (χ2n) is 7.72. The van der Waals surface area contributed by atoms with E-state index in [2.05, 4.69) is 0 Å². The number of halogens is 1. The number of carbonyl (C=O) groups is 1. The molecule has 4 rings (SSSR count). The molecular formula is C24H24ClNO5S. The quantitative estimate of drug-likeness (QED) is 0.491. The summed E-state index contributed by atoms with van der Waals surface area (Å²) in [5.74, 6) is 1.61. The Morgan fingerprint density at radius 1 is 1.16 bits per heavy atom. The molecule has 6 nitrogen and oxygen atoms in total. The zero-order chi connectivity index (χ0) is 22.7. The van der Waals surface area contributed by atoms with Crippen molar-refractivity contribution < 1.29 is 22.4 Å². The zero-order valence-electron chi connectivity index (χ0n) is 17.7. The first-order valence-corrected chi connectivity index (χ1v) is 12.6. The lowest BCUT2D eigenvalue weighted by Gasteiger charge is -2.27. The second-order valence-corrected chi connectivity index (χ2v) is 10.4. The summed E-state index contributed by atoms with van der Waals surface area (Å²) in [6.45, 7) is 2.53. The molecule has 1 aromatic heterocycles. The van der Waals surface area contributed by atoms with Gasteiger partial charge < -0.3 is 14.1 Å². The van der Waals surface area contributed by atoms with Gasteiger partial charge in [-0.05, 0) is 67.9 Å². The SMILES string of the molecule is CCOc1cccc(C(=O)N(Cc2ccc(-c3ccc(Cl)cc3)o2)[C@@H]2CCS(=O)(=O)C2)c1. The Labute approximate surface area is 192 Å². The number of benzene rings is 2. The maximum absolute atomic E-state index is 13.4. The Kier molecular flexibility index (Phi) is 6.58. The summed E-state index contributed by atoms with van der Waals surface area (Å²) in [6.07, 6.45) is 0.407. The van der Waals surface area contributed by atoms with Gasteiger partial charge in [0.15, 0.2) is 9.84 Å². The lowest BCUT2D eigenvalue weighted by molar-refractivity contribution is 0.0666. The molecule has 8 heteroatoms. The van der Waals surface area contributed by atoms with E-state index in [-0.39, 0.29) is 24.0 Å². The van der Waals surface area contributed by atoms with Crippen molar-refractivity contribution in [3.8, 4) is 17.1 Å². The van der Waals surface area contributed by atoms with Crippen molar-refractivity contribution in [1.29, 1.82) is 0 Å². The van der Waals surface area contributed by atoms with E-state index in [0.717, 1.165) is 5.56 Å². The highest BCUT2D eigenvalue weighted by Gasteiger charge is 2.35. The van der Waals surface area contributed by atoms with Gasteiger partial charge in [-0.3, -0.25) is 4.79 Å². The predicted molar refractivity (Wildman–Crippen MR) is 124 cm³/mol. The lowest BCUT2D eigenvalue weighted by Crippen LogP contribution is -2.40. The Bertz CT molecular complexity index is 1200. The minimum Gasteiger partial charge on any atom is -0.494 e. The van der Waals surface area contributed by atoms with Crippen molar-refractivity contribution in [3.63, 3.8) is 0 Å². The number of nitrogens with zero attached hydrogens (tertiary/aromatic N) is 1. The van der Waals surface area contributed by atoms with Crippen LogP contribution in [-0.4, -0.2) is 43.4 Å². The maximum atomic E-state index is 13.4. The molecule has 0 N–H and O–H groups in total. The van der Waals surface area contributed by atoms with Gasteiger partial charge >= 0.3 is 0 Å². The van der Waals surface area contributed by atoms with Gasteiger partial charge in [-0.2, -0.15) is 0 Å². The molecule has 0 bridgehead atoms. The normalized spacial score (nSPS) is 17.2. The number of amides is 1. The minimum atomic E-state index is -3.17. The van der Waals surface area contributed by atoms with Crippen LogP contribution in [0.4, 0.5) is 0 Å². The van der Waals surface area contributed by atoms with Gasteiger partial charge in [-0.25, -0.2) is 8.42 Å². The molecule has 2 aromatic carbocycles. The summed E-state index contributed by atoms with van der Waals surface area (Å²) < 4.78 is 35.7. The molecule has 1 fully saturated rings. The summed E-state index contributed by atoms with van der Waals surface area (Å²) in [5.41, 5.74) is 1.32. The van der Waals surface area contributed by atoms with Gasteiger partial charge in [0.25, 0.3) is 5.91 Å². The van der Waals surface area contributed by atoms with Crippen LogP contribution in [0.15, 0.2) is 65.1 Å². The number of ether oxygens (including phenoxy) is 1. The third kappa shape index (κ3) is 5.16. The van der Waals surface area contributed by atoms with Crippen LogP contribution in [0.3, 0.4) is 0 Å². The van der Waals surface area contributed by atoms with Crippen LogP contribution < -0.4 is 4.74 Å². The molecule has 0 radical (unpaired) electrons. The van der Waals surface area contributed by atoms with Crippen molar-refractivity contribution in [3.05, 3.63) is 77.0 Å². The molecule has 0 spiro atoms. The predicted octanol–water partition coefficient (Wildman–Crippen LogP) is 4.83. The lowest BCUT2D eigenvalue weighted by atomic mass is 10.1. The number of rotatable bonds is 7. The first kappa shape index (κ1) is 22.4. The highest BCUT2D eigenvalue weighted by Crippen LogP contribution is 2.27. The molecule has 1 aliphatic heterocycles.